The van der Waals surface area contributed by atoms with E-state index in [0.29, 0.717) is 6.42 Å². The van der Waals surface area contributed by atoms with Crippen LogP contribution in [0.1, 0.15) is 55.4 Å². The molecule has 25 heavy (non-hydrogen) atoms. The minimum absolute atomic E-state index is 0.0454. The number of carbonyl (C=O) groups excluding carboxylic acids is 2. The van der Waals surface area contributed by atoms with Gasteiger partial charge in [0.25, 0.3) is 5.91 Å². The van der Waals surface area contributed by atoms with Crippen LogP contribution in [0.2, 0.25) is 0 Å². The summed E-state index contributed by atoms with van der Waals surface area (Å²) in [6.45, 7) is 2.02. The zero-order chi connectivity index (χ0) is 17.4. The summed E-state index contributed by atoms with van der Waals surface area (Å²) in [7, 11) is 0. The highest BCUT2D eigenvalue weighted by Gasteiger charge is 2.51. The first-order valence-electron chi connectivity index (χ1n) is 9.32. The Morgan fingerprint density at radius 3 is 2.36 bits per heavy atom. The van der Waals surface area contributed by atoms with Gasteiger partial charge in [-0.15, -0.1) is 11.3 Å². The van der Waals surface area contributed by atoms with Crippen LogP contribution in [-0.4, -0.2) is 11.8 Å². The molecule has 0 saturated heterocycles. The van der Waals surface area contributed by atoms with Crippen LogP contribution in [0.25, 0.3) is 6.08 Å². The molecule has 1 aromatic heterocycles. The Morgan fingerprint density at radius 1 is 1.16 bits per heavy atom. The highest BCUT2D eigenvalue weighted by atomic mass is 32.1. The lowest BCUT2D eigenvalue weighted by molar-refractivity contribution is -0.133. The van der Waals surface area contributed by atoms with Gasteiger partial charge in [0.2, 0.25) is 5.91 Å². The molecule has 134 valence electrons. The number of aryl methyl sites for hydroxylation is 1. The predicted octanol–water partition coefficient (Wildman–Crippen LogP) is 3.82. The fraction of sp³-hybridized carbons (Fsp3) is 0.600. The molecule has 0 spiro atoms. The first-order valence-corrected chi connectivity index (χ1v) is 10.2. The number of thiophene rings is 1. The maximum Gasteiger partial charge on any atom is 0.262 e. The Bertz CT molecular complexity index is 671. The molecule has 0 unspecified atom stereocenters. The second-order valence-electron chi connectivity index (χ2n) is 8.43. The van der Waals surface area contributed by atoms with E-state index in [-0.39, 0.29) is 17.2 Å². The molecule has 1 aromatic rings. The first-order chi connectivity index (χ1) is 12.0. The van der Waals surface area contributed by atoms with Crippen molar-refractivity contribution < 1.29 is 9.59 Å². The van der Waals surface area contributed by atoms with Gasteiger partial charge < -0.3 is 0 Å². The standard InChI is InChI=1S/C20H26N2O2S/c1-13-4-5-25-17(13)2-3-18(23)21-22-19(24)12-20-9-14-6-15(10-20)8-16(7-14)11-20/h2-5,14-16H,6-12H2,1H3,(H,21,23)(H,22,24)/b3-2+. The van der Waals surface area contributed by atoms with E-state index >= 15 is 0 Å². The molecule has 1 heterocycles. The molecule has 2 N–H and O–H groups in total. The fourth-order valence-corrected chi connectivity index (χ4v) is 6.59. The molecule has 4 saturated carbocycles. The van der Waals surface area contributed by atoms with E-state index in [1.807, 2.05) is 18.4 Å². The Labute approximate surface area is 153 Å². The number of amides is 2. The summed E-state index contributed by atoms with van der Waals surface area (Å²) in [5.74, 6) is 2.18. The largest absolute Gasteiger partial charge is 0.273 e. The lowest BCUT2D eigenvalue weighted by atomic mass is 9.49. The number of carbonyl (C=O) groups is 2. The Balaban J connectivity index is 1.27. The van der Waals surface area contributed by atoms with E-state index in [4.69, 9.17) is 0 Å². The third-order valence-electron chi connectivity index (χ3n) is 6.31. The number of rotatable bonds is 4. The molecular weight excluding hydrogens is 332 g/mol. The molecule has 4 aliphatic rings. The molecule has 0 aromatic carbocycles. The van der Waals surface area contributed by atoms with E-state index in [2.05, 4.69) is 10.9 Å². The van der Waals surface area contributed by atoms with Crippen molar-refractivity contribution >= 4 is 29.2 Å². The molecule has 0 radical (unpaired) electrons. The average Bonchev–Trinajstić information content (AvgIpc) is 2.94. The van der Waals surface area contributed by atoms with Crippen LogP contribution >= 0.6 is 11.3 Å². The SMILES string of the molecule is Cc1ccsc1/C=C/C(=O)NNC(=O)CC12CC3CC(CC(C3)C1)C2. The van der Waals surface area contributed by atoms with Crippen LogP contribution in [0.4, 0.5) is 0 Å². The van der Waals surface area contributed by atoms with Crippen LogP contribution in [0, 0.1) is 30.1 Å². The molecule has 5 rings (SSSR count). The van der Waals surface area contributed by atoms with Crippen molar-refractivity contribution in [3.8, 4) is 0 Å². The molecule has 4 fully saturated rings. The summed E-state index contributed by atoms with van der Waals surface area (Å²) in [5.41, 5.74) is 6.50. The third-order valence-corrected chi connectivity index (χ3v) is 7.30. The number of hydrazine groups is 1. The maximum absolute atomic E-state index is 12.4. The molecule has 0 atom stereocenters. The van der Waals surface area contributed by atoms with Crippen molar-refractivity contribution in [3.05, 3.63) is 28.0 Å². The Morgan fingerprint density at radius 2 is 1.80 bits per heavy atom. The van der Waals surface area contributed by atoms with Gasteiger partial charge in [-0.25, -0.2) is 0 Å². The maximum atomic E-state index is 12.4. The van der Waals surface area contributed by atoms with Gasteiger partial charge in [0, 0.05) is 17.4 Å². The lowest BCUT2D eigenvalue weighted by Crippen LogP contribution is -2.49. The van der Waals surface area contributed by atoms with Crippen LogP contribution in [0.15, 0.2) is 17.5 Å². The normalized spacial score (nSPS) is 32.9. The van der Waals surface area contributed by atoms with Crippen LogP contribution in [-0.2, 0) is 9.59 Å². The Hall–Kier alpha value is -1.62. The van der Waals surface area contributed by atoms with Gasteiger partial charge in [0.15, 0.2) is 0 Å². The zero-order valence-corrected chi connectivity index (χ0v) is 15.5. The van der Waals surface area contributed by atoms with Gasteiger partial charge in [-0.3, -0.25) is 20.4 Å². The van der Waals surface area contributed by atoms with E-state index in [1.165, 1.54) is 44.6 Å². The van der Waals surface area contributed by atoms with E-state index < -0.39 is 0 Å². The van der Waals surface area contributed by atoms with Crippen molar-refractivity contribution in [2.24, 2.45) is 23.2 Å². The molecule has 4 aliphatic carbocycles. The summed E-state index contributed by atoms with van der Waals surface area (Å²) in [4.78, 5) is 25.3. The number of hydrogen-bond acceptors (Lipinski definition) is 3. The number of hydrogen-bond donors (Lipinski definition) is 2. The van der Waals surface area contributed by atoms with Gasteiger partial charge >= 0.3 is 0 Å². The fourth-order valence-electron chi connectivity index (χ4n) is 5.77. The number of nitrogens with one attached hydrogen (secondary N) is 2. The van der Waals surface area contributed by atoms with Crippen LogP contribution < -0.4 is 10.9 Å². The van der Waals surface area contributed by atoms with Crippen LogP contribution in [0.3, 0.4) is 0 Å². The summed E-state index contributed by atoms with van der Waals surface area (Å²) in [6, 6.07) is 2.02. The molecular formula is C20H26N2O2S. The third kappa shape index (κ3) is 3.66. The molecule has 4 bridgehead atoms. The second kappa shape index (κ2) is 6.60. The van der Waals surface area contributed by atoms with Crippen molar-refractivity contribution in [2.45, 2.75) is 51.9 Å². The topological polar surface area (TPSA) is 58.2 Å². The Kier molecular flexibility index (Phi) is 4.44. The summed E-state index contributed by atoms with van der Waals surface area (Å²) < 4.78 is 0. The molecule has 5 heteroatoms. The average molecular weight is 359 g/mol. The minimum atomic E-state index is -0.285. The van der Waals surface area contributed by atoms with E-state index in [9.17, 15) is 9.59 Å². The van der Waals surface area contributed by atoms with Gasteiger partial charge in [0.1, 0.15) is 0 Å². The van der Waals surface area contributed by atoms with Crippen molar-refractivity contribution in [1.82, 2.24) is 10.9 Å². The van der Waals surface area contributed by atoms with Crippen LogP contribution in [0.5, 0.6) is 0 Å². The highest BCUT2D eigenvalue weighted by molar-refractivity contribution is 7.11. The zero-order valence-electron chi connectivity index (χ0n) is 14.7. The molecule has 2 amide bonds. The summed E-state index contributed by atoms with van der Waals surface area (Å²) >= 11 is 1.60. The van der Waals surface area contributed by atoms with E-state index in [0.717, 1.165) is 28.2 Å². The summed E-state index contributed by atoms with van der Waals surface area (Å²) in [5, 5.41) is 2.00. The predicted molar refractivity (Wildman–Crippen MR) is 99.6 cm³/mol. The van der Waals surface area contributed by atoms with Crippen molar-refractivity contribution in [1.29, 1.82) is 0 Å². The monoisotopic (exact) mass is 358 g/mol. The smallest absolute Gasteiger partial charge is 0.262 e. The van der Waals surface area contributed by atoms with Crippen molar-refractivity contribution in [3.63, 3.8) is 0 Å². The van der Waals surface area contributed by atoms with Gasteiger partial charge in [-0.05, 0) is 91.7 Å². The van der Waals surface area contributed by atoms with Gasteiger partial charge in [-0.1, -0.05) is 0 Å². The first kappa shape index (κ1) is 16.8. The van der Waals surface area contributed by atoms with Crippen molar-refractivity contribution in [2.75, 3.05) is 0 Å². The minimum Gasteiger partial charge on any atom is -0.273 e. The highest BCUT2D eigenvalue weighted by Crippen LogP contribution is 2.61. The lowest BCUT2D eigenvalue weighted by Gasteiger charge is -2.56. The van der Waals surface area contributed by atoms with Gasteiger partial charge in [-0.2, -0.15) is 0 Å². The molecule has 0 aliphatic heterocycles. The quantitative estimate of drug-likeness (QED) is 0.635. The molecule has 4 nitrogen and oxygen atoms in total. The van der Waals surface area contributed by atoms with Gasteiger partial charge in [0.05, 0.1) is 0 Å². The van der Waals surface area contributed by atoms with E-state index in [1.54, 1.807) is 17.4 Å². The summed E-state index contributed by atoms with van der Waals surface area (Å²) in [6.07, 6.45) is 11.6. The second-order valence-corrected chi connectivity index (χ2v) is 9.38.